The topological polar surface area (TPSA) is 23.6 Å². The van der Waals surface area contributed by atoms with E-state index in [1.54, 1.807) is 11.8 Å². The Morgan fingerprint density at radius 3 is 2.79 bits per heavy atom. The Labute approximate surface area is 120 Å². The predicted molar refractivity (Wildman–Crippen MR) is 80.5 cm³/mol. The molecule has 0 spiro atoms. The number of rotatable bonds is 4. The molecule has 0 aromatic heterocycles. The van der Waals surface area contributed by atoms with Gasteiger partial charge in [0.2, 0.25) is 5.91 Å². The van der Waals surface area contributed by atoms with Crippen LogP contribution < -0.4 is 0 Å². The molecule has 1 aliphatic heterocycles. The molecule has 2 rings (SSSR count). The summed E-state index contributed by atoms with van der Waals surface area (Å²) in [5, 5.41) is 0. The van der Waals surface area contributed by atoms with Gasteiger partial charge in [-0.25, -0.2) is 0 Å². The second-order valence-corrected chi connectivity index (χ2v) is 6.25. The third-order valence-electron chi connectivity index (χ3n) is 3.59. The summed E-state index contributed by atoms with van der Waals surface area (Å²) in [6, 6.07) is 10.6. The van der Waals surface area contributed by atoms with E-state index in [-0.39, 0.29) is 5.91 Å². The summed E-state index contributed by atoms with van der Waals surface area (Å²) in [5.74, 6) is 0.810. The zero-order chi connectivity index (χ0) is 13.7. The number of amides is 1. The lowest BCUT2D eigenvalue weighted by molar-refractivity contribution is -0.130. The van der Waals surface area contributed by atoms with Crippen LogP contribution in [0.5, 0.6) is 0 Å². The standard InChI is InChI=1S/C15H22N2OS/c1-16(2)13-7-6-10-17(11-13)15(18)12-19-14-8-4-3-5-9-14/h3-5,8-9,13H,6-7,10-12H2,1-2H3/t13-/m0/s1. The van der Waals surface area contributed by atoms with E-state index >= 15 is 0 Å². The molecule has 1 heterocycles. The molecule has 0 bridgehead atoms. The normalized spacial score (nSPS) is 19.7. The van der Waals surface area contributed by atoms with Gasteiger partial charge in [0.05, 0.1) is 5.75 Å². The van der Waals surface area contributed by atoms with E-state index in [1.807, 2.05) is 23.1 Å². The quantitative estimate of drug-likeness (QED) is 0.790. The highest BCUT2D eigenvalue weighted by molar-refractivity contribution is 8.00. The number of piperidine rings is 1. The van der Waals surface area contributed by atoms with Gasteiger partial charge in [0.1, 0.15) is 0 Å². The number of thioether (sulfide) groups is 1. The maximum absolute atomic E-state index is 12.2. The summed E-state index contributed by atoms with van der Waals surface area (Å²) in [7, 11) is 4.19. The fraction of sp³-hybridized carbons (Fsp3) is 0.533. The zero-order valence-electron chi connectivity index (χ0n) is 11.7. The number of carbonyl (C=O) groups is 1. The first-order chi connectivity index (χ1) is 9.16. The largest absolute Gasteiger partial charge is 0.340 e. The molecule has 0 aliphatic carbocycles. The van der Waals surface area contributed by atoms with Gasteiger partial charge < -0.3 is 9.80 Å². The third-order valence-corrected chi connectivity index (χ3v) is 4.58. The molecule has 1 saturated heterocycles. The summed E-state index contributed by atoms with van der Waals surface area (Å²) in [4.78, 5) is 17.6. The lowest BCUT2D eigenvalue weighted by Crippen LogP contribution is -2.48. The van der Waals surface area contributed by atoms with Gasteiger partial charge in [0.15, 0.2) is 0 Å². The molecule has 1 aromatic carbocycles. The van der Waals surface area contributed by atoms with Crippen molar-refractivity contribution < 1.29 is 4.79 Å². The van der Waals surface area contributed by atoms with Crippen molar-refractivity contribution in [1.82, 2.24) is 9.80 Å². The maximum Gasteiger partial charge on any atom is 0.232 e. The lowest BCUT2D eigenvalue weighted by atomic mass is 10.1. The van der Waals surface area contributed by atoms with Crippen molar-refractivity contribution in [2.24, 2.45) is 0 Å². The average molecular weight is 278 g/mol. The SMILES string of the molecule is CN(C)[C@H]1CCCN(C(=O)CSc2ccccc2)C1. The molecule has 1 aromatic rings. The van der Waals surface area contributed by atoms with Crippen LogP contribution in [0.4, 0.5) is 0 Å². The predicted octanol–water partition coefficient (Wildman–Crippen LogP) is 2.33. The van der Waals surface area contributed by atoms with Gasteiger partial charge in [-0.1, -0.05) is 18.2 Å². The van der Waals surface area contributed by atoms with Crippen LogP contribution in [-0.4, -0.2) is 54.7 Å². The molecule has 0 radical (unpaired) electrons. The second kappa shape index (κ2) is 6.96. The number of likely N-dealkylation sites (tertiary alicyclic amines) is 1. The van der Waals surface area contributed by atoms with Crippen molar-refractivity contribution in [3.8, 4) is 0 Å². The van der Waals surface area contributed by atoms with Gasteiger partial charge in [0.25, 0.3) is 0 Å². The highest BCUT2D eigenvalue weighted by Gasteiger charge is 2.24. The minimum atomic E-state index is 0.264. The molecule has 1 fully saturated rings. The highest BCUT2D eigenvalue weighted by atomic mass is 32.2. The molecule has 4 heteroatoms. The van der Waals surface area contributed by atoms with Crippen LogP contribution in [0.3, 0.4) is 0 Å². The summed E-state index contributed by atoms with van der Waals surface area (Å²) >= 11 is 1.63. The van der Waals surface area contributed by atoms with Crippen LogP contribution in [-0.2, 0) is 4.79 Å². The van der Waals surface area contributed by atoms with Crippen molar-refractivity contribution in [2.45, 2.75) is 23.8 Å². The maximum atomic E-state index is 12.2. The Morgan fingerprint density at radius 1 is 1.37 bits per heavy atom. The van der Waals surface area contributed by atoms with Gasteiger partial charge in [-0.2, -0.15) is 0 Å². The Hall–Kier alpha value is -1.00. The van der Waals surface area contributed by atoms with E-state index in [0.717, 1.165) is 24.4 Å². The minimum absolute atomic E-state index is 0.264. The van der Waals surface area contributed by atoms with E-state index in [0.29, 0.717) is 11.8 Å². The van der Waals surface area contributed by atoms with Crippen LogP contribution in [0.1, 0.15) is 12.8 Å². The van der Waals surface area contributed by atoms with Crippen molar-refractivity contribution in [3.05, 3.63) is 30.3 Å². The molecule has 1 aliphatic rings. The second-order valence-electron chi connectivity index (χ2n) is 5.20. The molecule has 0 unspecified atom stereocenters. The summed E-state index contributed by atoms with van der Waals surface area (Å²) < 4.78 is 0. The van der Waals surface area contributed by atoms with Crippen molar-refractivity contribution >= 4 is 17.7 Å². The van der Waals surface area contributed by atoms with Gasteiger partial charge >= 0.3 is 0 Å². The van der Waals surface area contributed by atoms with Crippen molar-refractivity contribution in [2.75, 3.05) is 32.9 Å². The first-order valence-corrected chi connectivity index (χ1v) is 7.77. The minimum Gasteiger partial charge on any atom is -0.340 e. The van der Waals surface area contributed by atoms with Crippen LogP contribution >= 0.6 is 11.8 Å². The van der Waals surface area contributed by atoms with E-state index in [2.05, 4.69) is 31.1 Å². The fourth-order valence-electron chi connectivity index (χ4n) is 2.36. The lowest BCUT2D eigenvalue weighted by Gasteiger charge is -2.36. The van der Waals surface area contributed by atoms with E-state index < -0.39 is 0 Å². The molecule has 0 N–H and O–H groups in total. The molecule has 19 heavy (non-hydrogen) atoms. The fourth-order valence-corrected chi connectivity index (χ4v) is 3.18. The molecular weight excluding hydrogens is 256 g/mol. The Kier molecular flexibility index (Phi) is 5.28. The monoisotopic (exact) mass is 278 g/mol. The number of hydrogen-bond donors (Lipinski definition) is 0. The first kappa shape index (κ1) is 14.4. The van der Waals surface area contributed by atoms with Gasteiger partial charge in [-0.15, -0.1) is 11.8 Å². The number of carbonyl (C=O) groups excluding carboxylic acids is 1. The van der Waals surface area contributed by atoms with Crippen LogP contribution in [0, 0.1) is 0 Å². The van der Waals surface area contributed by atoms with Crippen molar-refractivity contribution in [1.29, 1.82) is 0 Å². The number of likely N-dealkylation sites (N-methyl/N-ethyl adjacent to an activating group) is 1. The Morgan fingerprint density at radius 2 is 2.11 bits per heavy atom. The highest BCUT2D eigenvalue weighted by Crippen LogP contribution is 2.19. The number of hydrogen-bond acceptors (Lipinski definition) is 3. The van der Waals surface area contributed by atoms with Crippen LogP contribution in [0.15, 0.2) is 35.2 Å². The molecule has 104 valence electrons. The van der Waals surface area contributed by atoms with Crippen LogP contribution in [0.2, 0.25) is 0 Å². The number of nitrogens with zero attached hydrogens (tertiary/aromatic N) is 2. The molecule has 0 saturated carbocycles. The molecule has 1 amide bonds. The summed E-state index contributed by atoms with van der Waals surface area (Å²) in [6.07, 6.45) is 2.31. The third kappa shape index (κ3) is 4.25. The number of benzene rings is 1. The Balaban J connectivity index is 1.83. The zero-order valence-corrected chi connectivity index (χ0v) is 12.5. The first-order valence-electron chi connectivity index (χ1n) is 6.79. The smallest absolute Gasteiger partial charge is 0.232 e. The van der Waals surface area contributed by atoms with E-state index in [9.17, 15) is 4.79 Å². The molecule has 3 nitrogen and oxygen atoms in total. The van der Waals surface area contributed by atoms with Gasteiger partial charge in [-0.3, -0.25) is 4.79 Å². The van der Waals surface area contributed by atoms with E-state index in [4.69, 9.17) is 0 Å². The Bertz CT molecular complexity index is 408. The summed E-state index contributed by atoms with van der Waals surface area (Å²) in [6.45, 7) is 1.79. The molecule has 1 atom stereocenters. The molecular formula is C15H22N2OS. The van der Waals surface area contributed by atoms with E-state index in [1.165, 1.54) is 6.42 Å². The van der Waals surface area contributed by atoms with Crippen molar-refractivity contribution in [3.63, 3.8) is 0 Å². The average Bonchev–Trinajstić information content (AvgIpc) is 2.46. The van der Waals surface area contributed by atoms with Gasteiger partial charge in [0, 0.05) is 24.0 Å². The summed E-state index contributed by atoms with van der Waals surface area (Å²) in [5.41, 5.74) is 0. The van der Waals surface area contributed by atoms with Crippen LogP contribution in [0.25, 0.3) is 0 Å². The van der Waals surface area contributed by atoms with Gasteiger partial charge in [-0.05, 0) is 39.1 Å².